The lowest BCUT2D eigenvalue weighted by atomic mass is 9.92. The highest BCUT2D eigenvalue weighted by atomic mass is 35.5. The molecule has 2 aromatic rings. The molecule has 2 rings (SSSR count). The first-order chi connectivity index (χ1) is 8.88. The highest BCUT2D eigenvalue weighted by molar-refractivity contribution is 6.67. The Bertz CT molecular complexity index is 582. The maximum Gasteiger partial charge on any atom is 0.270 e. The first kappa shape index (κ1) is 13.8. The van der Waals surface area contributed by atoms with Gasteiger partial charge in [0.2, 0.25) is 0 Å². The van der Waals surface area contributed by atoms with E-state index in [4.69, 9.17) is 11.6 Å². The van der Waals surface area contributed by atoms with E-state index in [0.29, 0.717) is 12.2 Å². The molecule has 0 aliphatic rings. The monoisotopic (exact) mass is 276 g/mol. The lowest BCUT2D eigenvalue weighted by Gasteiger charge is -2.14. The van der Waals surface area contributed by atoms with E-state index < -0.39 is 5.24 Å². The third-order valence-corrected chi connectivity index (χ3v) is 3.12. The van der Waals surface area contributed by atoms with Gasteiger partial charge in [0.15, 0.2) is 0 Å². The molecule has 0 aliphatic heterocycles. The molecule has 19 heavy (non-hydrogen) atoms. The van der Waals surface area contributed by atoms with Crippen LogP contribution < -0.4 is 0 Å². The minimum absolute atomic E-state index is 0.108. The number of nitrogens with zero attached hydrogens (tertiary/aromatic N) is 2. The molecule has 4 heteroatoms. The van der Waals surface area contributed by atoms with Crippen LogP contribution in [0.5, 0.6) is 0 Å². The highest BCUT2D eigenvalue weighted by Gasteiger charge is 2.22. The zero-order chi connectivity index (χ0) is 14.0. The summed E-state index contributed by atoms with van der Waals surface area (Å²) in [4.78, 5) is 11.5. The Morgan fingerprint density at radius 1 is 1.26 bits per heavy atom. The van der Waals surface area contributed by atoms with Gasteiger partial charge in [-0.25, -0.2) is 0 Å². The van der Waals surface area contributed by atoms with Crippen LogP contribution in [0.2, 0.25) is 0 Å². The van der Waals surface area contributed by atoms with Crippen molar-refractivity contribution < 1.29 is 4.79 Å². The van der Waals surface area contributed by atoms with Gasteiger partial charge in [0.05, 0.1) is 12.2 Å². The van der Waals surface area contributed by atoms with Gasteiger partial charge in [-0.15, -0.1) is 0 Å². The number of aromatic nitrogens is 2. The fraction of sp³-hybridized carbons (Fsp3) is 0.333. The minimum Gasteiger partial charge on any atom is -0.274 e. The van der Waals surface area contributed by atoms with Gasteiger partial charge >= 0.3 is 0 Å². The molecule has 0 spiro atoms. The summed E-state index contributed by atoms with van der Waals surface area (Å²) in [5.41, 5.74) is 2.29. The third kappa shape index (κ3) is 3.24. The lowest BCUT2D eigenvalue weighted by Crippen LogP contribution is -2.13. The van der Waals surface area contributed by atoms with Crippen LogP contribution in [-0.2, 0) is 12.0 Å². The zero-order valence-electron chi connectivity index (χ0n) is 11.4. The molecular weight excluding hydrogens is 260 g/mol. The summed E-state index contributed by atoms with van der Waals surface area (Å²) in [6, 6.07) is 11.7. The molecule has 0 bridgehead atoms. The van der Waals surface area contributed by atoms with Gasteiger partial charge < -0.3 is 0 Å². The molecule has 0 fully saturated rings. The standard InChI is InChI=1S/C15H17ClN2O/c1-15(2,3)13-9-12(14(16)19)18(17-13)10-11-7-5-4-6-8-11/h4-9H,10H2,1-3H3. The number of carbonyl (C=O) groups excluding carboxylic acids is 1. The van der Waals surface area contributed by atoms with Gasteiger partial charge in [-0.3, -0.25) is 9.48 Å². The fourth-order valence-electron chi connectivity index (χ4n) is 1.82. The smallest absolute Gasteiger partial charge is 0.270 e. The van der Waals surface area contributed by atoms with Gasteiger partial charge in [-0.1, -0.05) is 51.1 Å². The Morgan fingerprint density at radius 3 is 2.42 bits per heavy atom. The summed E-state index contributed by atoms with van der Waals surface area (Å²) < 4.78 is 1.67. The van der Waals surface area contributed by atoms with E-state index in [0.717, 1.165) is 11.3 Å². The largest absolute Gasteiger partial charge is 0.274 e. The molecular formula is C15H17ClN2O. The van der Waals surface area contributed by atoms with Crippen molar-refractivity contribution in [1.29, 1.82) is 0 Å². The molecule has 0 atom stereocenters. The van der Waals surface area contributed by atoms with Crippen LogP contribution in [0.15, 0.2) is 36.4 Å². The molecule has 0 aliphatic carbocycles. The highest BCUT2D eigenvalue weighted by Crippen LogP contribution is 2.23. The van der Waals surface area contributed by atoms with Crippen LogP contribution in [0.3, 0.4) is 0 Å². The van der Waals surface area contributed by atoms with Crippen molar-refractivity contribution in [3.05, 3.63) is 53.3 Å². The average molecular weight is 277 g/mol. The minimum atomic E-state index is -0.473. The van der Waals surface area contributed by atoms with Crippen molar-refractivity contribution in [3.8, 4) is 0 Å². The third-order valence-electron chi connectivity index (χ3n) is 2.92. The van der Waals surface area contributed by atoms with Crippen molar-refractivity contribution in [2.45, 2.75) is 32.7 Å². The number of carbonyl (C=O) groups is 1. The fourth-order valence-corrected chi connectivity index (χ4v) is 1.97. The van der Waals surface area contributed by atoms with Gasteiger partial charge in [-0.05, 0) is 23.2 Å². The Balaban J connectivity index is 2.39. The summed E-state index contributed by atoms with van der Waals surface area (Å²) in [5.74, 6) is 0. The van der Waals surface area contributed by atoms with Crippen LogP contribution in [0.4, 0.5) is 0 Å². The van der Waals surface area contributed by atoms with E-state index in [-0.39, 0.29) is 5.41 Å². The second-order valence-electron chi connectivity index (χ2n) is 5.58. The molecule has 0 unspecified atom stereocenters. The number of rotatable bonds is 3. The van der Waals surface area contributed by atoms with Crippen LogP contribution in [-0.4, -0.2) is 15.0 Å². The normalized spacial score (nSPS) is 11.6. The second-order valence-corrected chi connectivity index (χ2v) is 5.93. The van der Waals surface area contributed by atoms with E-state index in [9.17, 15) is 4.79 Å². The quantitative estimate of drug-likeness (QED) is 0.803. The number of halogens is 1. The van der Waals surface area contributed by atoms with E-state index in [1.54, 1.807) is 10.7 Å². The Morgan fingerprint density at radius 2 is 1.89 bits per heavy atom. The first-order valence-corrected chi connectivity index (χ1v) is 6.58. The Labute approximate surface area is 118 Å². The van der Waals surface area contributed by atoms with Crippen LogP contribution in [0.1, 0.15) is 42.5 Å². The van der Waals surface area contributed by atoms with Crippen molar-refractivity contribution in [1.82, 2.24) is 9.78 Å². The molecule has 1 aromatic carbocycles. The van der Waals surface area contributed by atoms with E-state index in [2.05, 4.69) is 25.9 Å². The lowest BCUT2D eigenvalue weighted by molar-refractivity contribution is 0.107. The maximum absolute atomic E-state index is 11.5. The molecule has 0 saturated carbocycles. The summed E-state index contributed by atoms with van der Waals surface area (Å²) in [6.07, 6.45) is 0. The molecule has 100 valence electrons. The summed E-state index contributed by atoms with van der Waals surface area (Å²) in [7, 11) is 0. The summed E-state index contributed by atoms with van der Waals surface area (Å²) in [5, 5.41) is 4.04. The molecule has 3 nitrogen and oxygen atoms in total. The van der Waals surface area contributed by atoms with E-state index >= 15 is 0 Å². The topological polar surface area (TPSA) is 34.9 Å². The molecule has 0 amide bonds. The maximum atomic E-state index is 11.5. The summed E-state index contributed by atoms with van der Waals surface area (Å²) in [6.45, 7) is 6.73. The first-order valence-electron chi connectivity index (χ1n) is 6.20. The molecule has 1 heterocycles. The summed E-state index contributed by atoms with van der Waals surface area (Å²) >= 11 is 5.64. The van der Waals surface area contributed by atoms with Crippen LogP contribution in [0, 0.1) is 0 Å². The Hall–Kier alpha value is -1.61. The predicted octanol–water partition coefficient (Wildman–Crippen LogP) is 3.61. The van der Waals surface area contributed by atoms with Crippen molar-refractivity contribution in [2.24, 2.45) is 0 Å². The van der Waals surface area contributed by atoms with Crippen LogP contribution >= 0.6 is 11.6 Å². The molecule has 1 aromatic heterocycles. The van der Waals surface area contributed by atoms with Gasteiger partial charge in [-0.2, -0.15) is 5.10 Å². The molecule has 0 radical (unpaired) electrons. The van der Waals surface area contributed by atoms with Crippen molar-refractivity contribution in [2.75, 3.05) is 0 Å². The SMILES string of the molecule is CC(C)(C)c1cc(C(=O)Cl)n(Cc2ccccc2)n1. The van der Waals surface area contributed by atoms with E-state index in [1.807, 2.05) is 30.3 Å². The Kier molecular flexibility index (Phi) is 3.76. The van der Waals surface area contributed by atoms with Crippen LogP contribution in [0.25, 0.3) is 0 Å². The zero-order valence-corrected chi connectivity index (χ0v) is 12.1. The van der Waals surface area contributed by atoms with Gasteiger partial charge in [0.25, 0.3) is 5.24 Å². The van der Waals surface area contributed by atoms with Crippen molar-refractivity contribution >= 4 is 16.8 Å². The molecule has 0 N–H and O–H groups in total. The number of hydrogen-bond acceptors (Lipinski definition) is 2. The van der Waals surface area contributed by atoms with Gasteiger partial charge in [0, 0.05) is 5.41 Å². The van der Waals surface area contributed by atoms with Gasteiger partial charge in [0.1, 0.15) is 5.69 Å². The van der Waals surface area contributed by atoms with Crippen molar-refractivity contribution in [3.63, 3.8) is 0 Å². The molecule has 0 saturated heterocycles. The average Bonchev–Trinajstić information content (AvgIpc) is 2.74. The van der Waals surface area contributed by atoms with E-state index in [1.165, 1.54) is 0 Å². The second kappa shape index (κ2) is 5.17. The predicted molar refractivity (Wildman–Crippen MR) is 76.7 cm³/mol. The number of hydrogen-bond donors (Lipinski definition) is 0. The number of benzene rings is 1.